The number of carbonyl (C=O) groups excluding carboxylic acids is 2. The quantitative estimate of drug-likeness (QED) is 0.352. The van der Waals surface area contributed by atoms with Crippen LogP contribution >= 0.6 is 0 Å². The molecular formula is C22H16F7N3O5. The van der Waals surface area contributed by atoms with Crippen molar-refractivity contribution < 1.29 is 49.8 Å². The number of hydrogen-bond donors (Lipinski definition) is 0. The summed E-state index contributed by atoms with van der Waals surface area (Å²) in [5.74, 6) is -3.00. The Balaban J connectivity index is 2.22. The summed E-state index contributed by atoms with van der Waals surface area (Å²) in [5.41, 5.74) is -6.09. The number of ether oxygens (including phenoxy) is 2. The average molecular weight is 535 g/mol. The van der Waals surface area contributed by atoms with E-state index in [1.54, 1.807) is 0 Å². The van der Waals surface area contributed by atoms with E-state index in [-0.39, 0.29) is 17.8 Å². The van der Waals surface area contributed by atoms with Crippen LogP contribution < -0.4 is 15.3 Å². The fraction of sp³-hybridized carbons (Fsp3) is 0.227. The predicted octanol–water partition coefficient (Wildman–Crippen LogP) is 4.62. The molecule has 37 heavy (non-hydrogen) atoms. The number of nitrogens with zero attached hydrogens (tertiary/aromatic N) is 3. The van der Waals surface area contributed by atoms with Gasteiger partial charge in [0.2, 0.25) is 0 Å². The predicted molar refractivity (Wildman–Crippen MR) is 113 cm³/mol. The second kappa shape index (κ2) is 9.99. The lowest BCUT2D eigenvalue weighted by Crippen LogP contribution is -2.32. The van der Waals surface area contributed by atoms with E-state index < -0.39 is 65.0 Å². The molecule has 0 spiro atoms. The zero-order valence-electron chi connectivity index (χ0n) is 18.9. The molecule has 2 aromatic carbocycles. The average Bonchev–Trinajstić information content (AvgIpc) is 3.17. The van der Waals surface area contributed by atoms with Gasteiger partial charge in [-0.3, -0.25) is 18.8 Å². The second-order valence-electron chi connectivity index (χ2n) is 7.43. The van der Waals surface area contributed by atoms with Crippen LogP contribution in [0, 0.1) is 5.82 Å². The highest BCUT2D eigenvalue weighted by atomic mass is 19.4. The Labute approximate surface area is 203 Å². The molecule has 198 valence electrons. The number of alkyl halides is 6. The third-order valence-corrected chi connectivity index (χ3v) is 5.01. The Kier molecular flexibility index (Phi) is 7.36. The standard InChI is InChI=1S/C22H16F7N3O5/c1-30(14-5-3-13(23)4-6-14)20(35)37-18-15(22(27,28)29)9-12(21(24,25)26)10-16(18)32-8-7-31(19(32)34)11-17(33)36-2/h3-10H,11H2,1-2H3. The van der Waals surface area contributed by atoms with Crippen LogP contribution in [0.5, 0.6) is 5.75 Å². The number of rotatable bonds is 5. The smallest absolute Gasteiger partial charge is 0.420 e. The van der Waals surface area contributed by atoms with Crippen molar-refractivity contribution in [3.05, 3.63) is 76.2 Å². The Morgan fingerprint density at radius 1 is 0.973 bits per heavy atom. The minimum atomic E-state index is -5.46. The molecule has 0 fully saturated rings. The van der Waals surface area contributed by atoms with E-state index in [4.69, 9.17) is 4.74 Å². The fourth-order valence-electron chi connectivity index (χ4n) is 3.12. The molecule has 1 aromatic heterocycles. The number of carbonyl (C=O) groups is 2. The van der Waals surface area contributed by atoms with Crippen LogP contribution in [0.2, 0.25) is 0 Å². The SMILES string of the molecule is COC(=O)Cn1ccn(-c2cc(C(F)(F)F)cc(C(F)(F)F)c2OC(=O)N(C)c2ccc(F)cc2)c1=O. The van der Waals surface area contributed by atoms with Crippen molar-refractivity contribution in [1.29, 1.82) is 0 Å². The van der Waals surface area contributed by atoms with Crippen LogP contribution in [-0.2, 0) is 28.4 Å². The Morgan fingerprint density at radius 3 is 2.14 bits per heavy atom. The van der Waals surface area contributed by atoms with Gasteiger partial charge >= 0.3 is 30.1 Å². The second-order valence-corrected chi connectivity index (χ2v) is 7.43. The van der Waals surface area contributed by atoms with Gasteiger partial charge in [-0.05, 0) is 36.4 Å². The number of halogens is 7. The highest BCUT2D eigenvalue weighted by Gasteiger charge is 2.42. The first-order valence-electron chi connectivity index (χ1n) is 10.0. The maximum atomic E-state index is 13.9. The fourth-order valence-corrected chi connectivity index (χ4v) is 3.12. The molecule has 0 saturated carbocycles. The zero-order chi connectivity index (χ0) is 27.7. The van der Waals surface area contributed by atoms with Crippen LogP contribution in [0.25, 0.3) is 5.69 Å². The van der Waals surface area contributed by atoms with E-state index in [2.05, 4.69) is 4.74 Å². The Bertz CT molecular complexity index is 1380. The summed E-state index contributed by atoms with van der Waals surface area (Å²) >= 11 is 0. The van der Waals surface area contributed by atoms with E-state index in [1.165, 1.54) is 0 Å². The maximum absolute atomic E-state index is 13.9. The summed E-state index contributed by atoms with van der Waals surface area (Å²) in [7, 11) is 2.06. The van der Waals surface area contributed by atoms with Crippen LogP contribution in [0.4, 0.5) is 41.2 Å². The monoisotopic (exact) mass is 535 g/mol. The number of imidazole rings is 1. The topological polar surface area (TPSA) is 82.8 Å². The Hall–Kier alpha value is -4.30. The molecule has 3 aromatic rings. The summed E-state index contributed by atoms with van der Waals surface area (Å²) in [6.45, 7) is -0.699. The molecule has 15 heteroatoms. The summed E-state index contributed by atoms with van der Waals surface area (Å²) in [5, 5.41) is 0. The van der Waals surface area contributed by atoms with E-state index in [1.807, 2.05) is 0 Å². The van der Waals surface area contributed by atoms with Crippen molar-refractivity contribution in [2.45, 2.75) is 18.9 Å². The molecule has 0 N–H and O–H groups in total. The summed E-state index contributed by atoms with van der Waals surface area (Å²) in [4.78, 5) is 37.6. The molecule has 1 amide bonds. The lowest BCUT2D eigenvalue weighted by atomic mass is 10.1. The van der Waals surface area contributed by atoms with Gasteiger partial charge in [-0.25, -0.2) is 14.0 Å². The normalized spacial score (nSPS) is 11.8. The van der Waals surface area contributed by atoms with Crippen LogP contribution in [0.1, 0.15) is 11.1 Å². The Morgan fingerprint density at radius 2 is 1.59 bits per heavy atom. The minimum Gasteiger partial charge on any atom is -0.468 e. The molecular weight excluding hydrogens is 519 g/mol. The molecule has 0 radical (unpaired) electrons. The van der Waals surface area contributed by atoms with Gasteiger partial charge in [0.15, 0.2) is 5.75 Å². The van der Waals surface area contributed by atoms with Gasteiger partial charge in [-0.2, -0.15) is 26.3 Å². The summed E-state index contributed by atoms with van der Waals surface area (Å²) < 4.78 is 106. The van der Waals surface area contributed by atoms with Gasteiger partial charge in [0.05, 0.1) is 18.4 Å². The molecule has 0 atom stereocenters. The molecule has 0 aliphatic carbocycles. The third kappa shape index (κ3) is 5.92. The zero-order valence-corrected chi connectivity index (χ0v) is 18.9. The lowest BCUT2D eigenvalue weighted by molar-refractivity contribution is -0.144. The van der Waals surface area contributed by atoms with Crippen molar-refractivity contribution in [3.8, 4) is 11.4 Å². The highest BCUT2D eigenvalue weighted by Crippen LogP contribution is 2.44. The lowest BCUT2D eigenvalue weighted by Gasteiger charge is -2.22. The maximum Gasteiger partial charge on any atom is 0.420 e. The summed E-state index contributed by atoms with van der Waals surface area (Å²) in [6, 6.07) is 4.04. The first-order valence-corrected chi connectivity index (χ1v) is 10.0. The first kappa shape index (κ1) is 27.3. The minimum absolute atomic E-state index is 0.0187. The van der Waals surface area contributed by atoms with Crippen LogP contribution in [0.3, 0.4) is 0 Å². The molecule has 0 aliphatic heterocycles. The number of aromatic nitrogens is 2. The van der Waals surface area contributed by atoms with Gasteiger partial charge in [-0.1, -0.05) is 0 Å². The van der Waals surface area contributed by atoms with Crippen LogP contribution in [0.15, 0.2) is 53.6 Å². The van der Waals surface area contributed by atoms with Gasteiger partial charge in [-0.15, -0.1) is 0 Å². The van der Waals surface area contributed by atoms with E-state index >= 15 is 0 Å². The van der Waals surface area contributed by atoms with Crippen LogP contribution in [-0.4, -0.2) is 35.4 Å². The van der Waals surface area contributed by atoms with E-state index in [9.17, 15) is 45.1 Å². The third-order valence-electron chi connectivity index (χ3n) is 5.01. The molecule has 8 nitrogen and oxygen atoms in total. The van der Waals surface area contributed by atoms with Gasteiger partial charge in [0.25, 0.3) is 0 Å². The first-order chi connectivity index (χ1) is 17.1. The molecule has 0 bridgehead atoms. The number of hydrogen-bond acceptors (Lipinski definition) is 5. The van der Waals surface area contributed by atoms with Gasteiger partial charge < -0.3 is 9.47 Å². The summed E-state index contributed by atoms with van der Waals surface area (Å²) in [6.07, 6.45) is -10.5. The number of amides is 1. The van der Waals surface area contributed by atoms with Crippen molar-refractivity contribution in [1.82, 2.24) is 9.13 Å². The largest absolute Gasteiger partial charge is 0.468 e. The van der Waals surface area contributed by atoms with Gasteiger partial charge in [0.1, 0.15) is 17.9 Å². The molecule has 0 saturated heterocycles. The molecule has 1 heterocycles. The number of esters is 1. The van der Waals surface area contributed by atoms with Crippen molar-refractivity contribution in [3.63, 3.8) is 0 Å². The highest BCUT2D eigenvalue weighted by molar-refractivity contribution is 5.89. The number of methoxy groups -OCH3 is 1. The van der Waals surface area contributed by atoms with Gasteiger partial charge in [0, 0.05) is 25.1 Å². The van der Waals surface area contributed by atoms with Crippen molar-refractivity contribution in [2.75, 3.05) is 19.1 Å². The van der Waals surface area contributed by atoms with E-state index in [0.29, 0.717) is 14.0 Å². The molecule has 0 unspecified atom stereocenters. The number of anilines is 1. The molecule has 0 aliphatic rings. The number of benzene rings is 2. The van der Waals surface area contributed by atoms with Crippen molar-refractivity contribution >= 4 is 17.7 Å². The molecule has 3 rings (SSSR count). The van der Waals surface area contributed by atoms with E-state index in [0.717, 1.165) is 50.8 Å². The van der Waals surface area contributed by atoms with Crippen molar-refractivity contribution in [2.24, 2.45) is 0 Å².